The van der Waals surface area contributed by atoms with Crippen LogP contribution in [0.3, 0.4) is 0 Å². The Labute approximate surface area is 128 Å². The van der Waals surface area contributed by atoms with E-state index >= 15 is 0 Å². The first-order valence-electron chi connectivity index (χ1n) is 7.08. The summed E-state index contributed by atoms with van der Waals surface area (Å²) < 4.78 is 5.24. The van der Waals surface area contributed by atoms with Crippen LogP contribution < -0.4 is 5.32 Å². The molecule has 0 aliphatic carbocycles. The number of rotatable bonds is 7. The second kappa shape index (κ2) is 7.40. The van der Waals surface area contributed by atoms with E-state index in [2.05, 4.69) is 10.3 Å². The number of carboxylic acid groups (broad SMARTS) is 1. The second-order valence-electron chi connectivity index (χ2n) is 5.02. The highest BCUT2D eigenvalue weighted by atomic mass is 16.4. The smallest absolute Gasteiger partial charge is 0.303 e. The van der Waals surface area contributed by atoms with Crippen molar-refractivity contribution in [3.8, 4) is 11.5 Å². The van der Waals surface area contributed by atoms with Gasteiger partial charge in [0.1, 0.15) is 6.26 Å². The predicted octanol–water partition coefficient (Wildman–Crippen LogP) is 3.23. The van der Waals surface area contributed by atoms with E-state index in [0.717, 1.165) is 11.1 Å². The van der Waals surface area contributed by atoms with Gasteiger partial charge in [-0.2, -0.15) is 0 Å². The largest absolute Gasteiger partial charge is 0.481 e. The van der Waals surface area contributed by atoms with Crippen molar-refractivity contribution in [1.82, 2.24) is 4.98 Å². The molecule has 0 radical (unpaired) electrons. The minimum absolute atomic E-state index is 0.0892. The van der Waals surface area contributed by atoms with Gasteiger partial charge in [-0.05, 0) is 37.5 Å². The number of nitrogens with zero attached hydrogens (tertiary/aromatic N) is 1. The molecular weight excluding hydrogens is 284 g/mol. The summed E-state index contributed by atoms with van der Waals surface area (Å²) in [4.78, 5) is 26.4. The molecule has 0 aliphatic rings. The summed E-state index contributed by atoms with van der Waals surface area (Å²) >= 11 is 0. The van der Waals surface area contributed by atoms with Crippen LogP contribution in [-0.4, -0.2) is 22.0 Å². The lowest BCUT2D eigenvalue weighted by atomic mass is 10.1. The zero-order valence-corrected chi connectivity index (χ0v) is 12.3. The van der Waals surface area contributed by atoms with Gasteiger partial charge < -0.3 is 14.8 Å². The van der Waals surface area contributed by atoms with E-state index in [1.807, 2.05) is 25.1 Å². The number of nitrogens with one attached hydrogen (secondary N) is 1. The van der Waals surface area contributed by atoms with E-state index in [-0.39, 0.29) is 12.3 Å². The van der Waals surface area contributed by atoms with Gasteiger partial charge in [0.25, 0.3) is 0 Å². The van der Waals surface area contributed by atoms with E-state index in [0.29, 0.717) is 30.8 Å². The van der Waals surface area contributed by atoms with E-state index in [9.17, 15) is 9.59 Å². The molecule has 0 unspecified atom stereocenters. The number of amides is 1. The molecule has 0 saturated heterocycles. The minimum Gasteiger partial charge on any atom is -0.481 e. The molecule has 0 fully saturated rings. The van der Waals surface area contributed by atoms with Gasteiger partial charge in [0.05, 0.1) is 6.20 Å². The summed E-state index contributed by atoms with van der Waals surface area (Å²) in [6.45, 7) is 1.90. The van der Waals surface area contributed by atoms with Crippen LogP contribution in [0.1, 0.15) is 31.2 Å². The fraction of sp³-hybridized carbons (Fsp3) is 0.312. The molecule has 0 spiro atoms. The van der Waals surface area contributed by atoms with Gasteiger partial charge in [0.15, 0.2) is 0 Å². The van der Waals surface area contributed by atoms with Crippen molar-refractivity contribution < 1.29 is 19.1 Å². The van der Waals surface area contributed by atoms with Crippen LogP contribution in [0.15, 0.2) is 35.1 Å². The van der Waals surface area contributed by atoms with E-state index in [4.69, 9.17) is 9.52 Å². The average Bonchev–Trinajstić information content (AvgIpc) is 3.00. The summed E-state index contributed by atoms with van der Waals surface area (Å²) in [6.07, 6.45) is 4.50. The van der Waals surface area contributed by atoms with Gasteiger partial charge in [-0.1, -0.05) is 6.07 Å². The summed E-state index contributed by atoms with van der Waals surface area (Å²) in [5.41, 5.74) is 2.44. The van der Waals surface area contributed by atoms with E-state index in [1.54, 1.807) is 6.20 Å². The van der Waals surface area contributed by atoms with Crippen molar-refractivity contribution in [3.05, 3.63) is 36.2 Å². The van der Waals surface area contributed by atoms with Crippen LogP contribution in [0.4, 0.5) is 5.69 Å². The molecule has 116 valence electrons. The van der Waals surface area contributed by atoms with Crippen molar-refractivity contribution in [1.29, 1.82) is 0 Å². The lowest BCUT2D eigenvalue weighted by molar-refractivity contribution is -0.137. The Bertz CT molecular complexity index is 650. The maximum atomic E-state index is 11.9. The summed E-state index contributed by atoms with van der Waals surface area (Å²) in [6, 6.07) is 5.58. The van der Waals surface area contributed by atoms with Crippen molar-refractivity contribution in [2.45, 2.75) is 32.6 Å². The Morgan fingerprint density at radius 3 is 2.73 bits per heavy atom. The topological polar surface area (TPSA) is 92.4 Å². The highest BCUT2D eigenvalue weighted by Crippen LogP contribution is 2.24. The number of aryl methyl sites for hydroxylation is 1. The van der Waals surface area contributed by atoms with E-state index < -0.39 is 5.97 Å². The van der Waals surface area contributed by atoms with Gasteiger partial charge in [0.2, 0.25) is 11.8 Å². The van der Waals surface area contributed by atoms with Crippen LogP contribution in [0, 0.1) is 6.92 Å². The third kappa shape index (κ3) is 4.44. The number of carboxylic acids is 1. The third-order valence-electron chi connectivity index (χ3n) is 3.24. The quantitative estimate of drug-likeness (QED) is 0.766. The molecule has 1 amide bonds. The van der Waals surface area contributed by atoms with Crippen LogP contribution in [0.5, 0.6) is 0 Å². The molecule has 0 atom stereocenters. The van der Waals surface area contributed by atoms with Gasteiger partial charge in [-0.15, -0.1) is 0 Å². The Morgan fingerprint density at radius 1 is 1.27 bits per heavy atom. The van der Waals surface area contributed by atoms with Gasteiger partial charge in [-0.25, -0.2) is 4.98 Å². The Balaban J connectivity index is 1.95. The van der Waals surface area contributed by atoms with Crippen molar-refractivity contribution >= 4 is 17.6 Å². The maximum absolute atomic E-state index is 11.9. The number of unbranched alkanes of at least 4 members (excludes halogenated alkanes) is 1. The first kappa shape index (κ1) is 15.8. The molecule has 0 saturated carbocycles. The molecular formula is C16H18N2O4. The monoisotopic (exact) mass is 302 g/mol. The number of carbonyl (C=O) groups excluding carboxylic acids is 1. The highest BCUT2D eigenvalue weighted by Gasteiger charge is 2.09. The molecule has 22 heavy (non-hydrogen) atoms. The van der Waals surface area contributed by atoms with E-state index in [1.165, 1.54) is 6.26 Å². The molecule has 6 heteroatoms. The van der Waals surface area contributed by atoms with Gasteiger partial charge in [0, 0.05) is 24.1 Å². The molecule has 1 aromatic carbocycles. The fourth-order valence-corrected chi connectivity index (χ4v) is 2.03. The molecule has 2 rings (SSSR count). The lowest BCUT2D eigenvalue weighted by Crippen LogP contribution is -2.12. The standard InChI is InChI=1S/C16H18N2O4/c1-11-6-7-12(16-17-8-9-22-16)10-13(11)18-14(19)4-2-3-5-15(20)21/h6-10H,2-5H2,1H3,(H,18,19)(H,20,21). The molecule has 6 nitrogen and oxygen atoms in total. The first-order valence-corrected chi connectivity index (χ1v) is 7.08. The van der Waals surface area contributed by atoms with Gasteiger partial charge >= 0.3 is 5.97 Å². The maximum Gasteiger partial charge on any atom is 0.303 e. The number of anilines is 1. The number of aromatic nitrogens is 1. The molecule has 1 heterocycles. The Hall–Kier alpha value is -2.63. The Kier molecular flexibility index (Phi) is 5.30. The first-order chi connectivity index (χ1) is 10.6. The Morgan fingerprint density at radius 2 is 2.05 bits per heavy atom. The summed E-state index contributed by atoms with van der Waals surface area (Å²) in [7, 11) is 0. The number of hydrogen-bond donors (Lipinski definition) is 2. The van der Waals surface area contributed by atoms with Crippen LogP contribution in [-0.2, 0) is 9.59 Å². The number of hydrogen-bond acceptors (Lipinski definition) is 4. The number of carbonyl (C=O) groups is 2. The van der Waals surface area contributed by atoms with Crippen LogP contribution >= 0.6 is 0 Å². The SMILES string of the molecule is Cc1ccc(-c2ncco2)cc1NC(=O)CCCCC(=O)O. The summed E-state index contributed by atoms with van der Waals surface area (Å²) in [5, 5.41) is 11.4. The highest BCUT2D eigenvalue weighted by molar-refractivity contribution is 5.92. The predicted molar refractivity (Wildman–Crippen MR) is 81.4 cm³/mol. The second-order valence-corrected chi connectivity index (χ2v) is 5.02. The minimum atomic E-state index is -0.838. The number of benzene rings is 1. The van der Waals surface area contributed by atoms with Crippen molar-refractivity contribution in [2.75, 3.05) is 5.32 Å². The van der Waals surface area contributed by atoms with Gasteiger partial charge in [-0.3, -0.25) is 9.59 Å². The van der Waals surface area contributed by atoms with Crippen LogP contribution in [0.2, 0.25) is 0 Å². The molecule has 2 aromatic rings. The lowest BCUT2D eigenvalue weighted by Gasteiger charge is -2.09. The molecule has 0 aliphatic heterocycles. The number of aliphatic carboxylic acids is 1. The molecule has 2 N–H and O–H groups in total. The fourth-order valence-electron chi connectivity index (χ4n) is 2.03. The van der Waals surface area contributed by atoms with Crippen molar-refractivity contribution in [3.63, 3.8) is 0 Å². The van der Waals surface area contributed by atoms with Crippen molar-refractivity contribution in [2.24, 2.45) is 0 Å². The molecule has 1 aromatic heterocycles. The third-order valence-corrected chi connectivity index (χ3v) is 3.24. The summed E-state index contributed by atoms with van der Waals surface area (Å²) in [5.74, 6) is -0.468. The number of oxazole rings is 1. The zero-order chi connectivity index (χ0) is 15.9. The normalized spacial score (nSPS) is 10.4. The van der Waals surface area contributed by atoms with Crippen LogP contribution in [0.25, 0.3) is 11.5 Å². The average molecular weight is 302 g/mol. The molecule has 0 bridgehead atoms. The zero-order valence-electron chi connectivity index (χ0n) is 12.3.